The molecule has 11 N–H and O–H groups in total. The van der Waals surface area contributed by atoms with Gasteiger partial charge >= 0.3 is 0 Å². The number of thioether (sulfide) groups is 1. The van der Waals surface area contributed by atoms with Crippen molar-refractivity contribution in [3.63, 3.8) is 0 Å². The van der Waals surface area contributed by atoms with Crippen molar-refractivity contribution in [2.45, 2.75) is 139 Å². The highest BCUT2D eigenvalue weighted by Gasteiger charge is 2.54. The van der Waals surface area contributed by atoms with Crippen LogP contribution in [0.1, 0.15) is 91.4 Å². The Hall–Kier alpha value is -7.47. The molecule has 0 unspecified atom stereocenters. The van der Waals surface area contributed by atoms with Gasteiger partial charge in [0.1, 0.15) is 48.3 Å². The number of amides is 10. The Kier molecular flexibility index (Phi) is 20.4. The number of nitrogens with two attached hydrogens (primary N) is 3. The number of rotatable bonds is 12. The molecule has 0 radical (unpaired) electrons. The van der Waals surface area contributed by atoms with Crippen molar-refractivity contribution in [1.29, 1.82) is 0 Å². The Labute approximate surface area is 467 Å². The van der Waals surface area contributed by atoms with Crippen LogP contribution in [-0.4, -0.2) is 159 Å². The molecular formula is C56H71F2N11O10S. The standard InChI is InChI=1S/C56H71F2N11O10S/c1-32(2)23-39-49(73)63-38(15-8-9-21-59)53(77)69-31-56(57,58)27-45(69)55(79)68-28-37-14-7-6-13-36(37)26-44(68)52(76)65-40(24-34-17-19-35(20-18-34)47(60)71)50(74)66-42(48(61)72)29-80-30-46(70)62-41(25-33-11-4-3-5-12-33)54(78)67-22-10-16-43(67)51(75)64-39/h3-7,11-14,17-20,32,38-45H,8-10,15-16,21-31,59H2,1-2H3,(H2,60,71)(H2,61,72)(H,62,70)(H,63,73)(H,64,75)(H,65,76)(H,66,74)/t38-,39-,40-,41-,42-,43-,44-,45-/m0/s1. The van der Waals surface area contributed by atoms with Crippen molar-refractivity contribution in [2.75, 3.05) is 31.1 Å². The fourth-order valence-corrected chi connectivity index (χ4v) is 11.6. The molecule has 24 heteroatoms. The van der Waals surface area contributed by atoms with Gasteiger partial charge in [-0.1, -0.05) is 80.6 Å². The van der Waals surface area contributed by atoms with Crippen LogP contribution < -0.4 is 43.8 Å². The summed E-state index contributed by atoms with van der Waals surface area (Å²) in [5.74, 6) is -12.6. The van der Waals surface area contributed by atoms with Gasteiger partial charge in [-0.2, -0.15) is 0 Å². The van der Waals surface area contributed by atoms with Crippen molar-refractivity contribution >= 4 is 70.8 Å². The highest BCUT2D eigenvalue weighted by atomic mass is 32.2. The lowest BCUT2D eigenvalue weighted by Gasteiger charge is -2.39. The van der Waals surface area contributed by atoms with Crippen molar-refractivity contribution in [1.82, 2.24) is 41.3 Å². The number of unbranched alkanes of at least 4 members (excludes halogenated alkanes) is 1. The minimum absolute atomic E-state index is 0.0255. The van der Waals surface area contributed by atoms with E-state index >= 15 is 13.6 Å². The zero-order valence-electron chi connectivity index (χ0n) is 44.8. The molecule has 0 aromatic heterocycles. The van der Waals surface area contributed by atoms with E-state index in [4.69, 9.17) is 17.2 Å². The first-order chi connectivity index (χ1) is 38.1. The van der Waals surface area contributed by atoms with E-state index in [2.05, 4.69) is 26.6 Å². The number of hydrogen-bond donors (Lipinski definition) is 8. The summed E-state index contributed by atoms with van der Waals surface area (Å²) in [6, 6.07) is 10.3. The van der Waals surface area contributed by atoms with Gasteiger partial charge in [0, 0.05) is 50.1 Å². The second-order valence-corrected chi connectivity index (χ2v) is 22.4. The molecule has 80 heavy (non-hydrogen) atoms. The predicted octanol–water partition coefficient (Wildman–Crippen LogP) is 0.583. The number of nitrogens with zero attached hydrogens (tertiary/aromatic N) is 3. The smallest absolute Gasteiger partial charge is 0.267 e. The minimum atomic E-state index is -3.60. The Balaban J connectivity index is 1.28. The van der Waals surface area contributed by atoms with Gasteiger partial charge in [-0.25, -0.2) is 8.78 Å². The summed E-state index contributed by atoms with van der Waals surface area (Å²) in [5, 5.41) is 13.6. The quantitative estimate of drug-likeness (QED) is 0.116. The number of hydrogen-bond acceptors (Lipinski definition) is 12. The lowest BCUT2D eigenvalue weighted by molar-refractivity contribution is -0.150. The van der Waals surface area contributed by atoms with Crippen LogP contribution in [-0.2, 0) is 69.0 Å². The number of fused-ring (bicyclic) bond motifs is 4. The molecule has 21 nitrogen and oxygen atoms in total. The number of benzene rings is 3. The highest BCUT2D eigenvalue weighted by Crippen LogP contribution is 2.36. The molecule has 0 aliphatic carbocycles. The van der Waals surface area contributed by atoms with Gasteiger partial charge in [-0.05, 0) is 85.4 Å². The van der Waals surface area contributed by atoms with E-state index in [0.717, 1.165) is 21.6 Å². The van der Waals surface area contributed by atoms with Gasteiger partial charge in [0.05, 0.1) is 12.3 Å². The summed E-state index contributed by atoms with van der Waals surface area (Å²) in [6.07, 6.45) is -0.267. The summed E-state index contributed by atoms with van der Waals surface area (Å²) in [4.78, 5) is 145. The summed E-state index contributed by atoms with van der Waals surface area (Å²) in [6.45, 7) is 2.49. The molecule has 4 aliphatic heterocycles. The Morgan fingerprint density at radius 1 is 0.662 bits per heavy atom. The third kappa shape index (κ3) is 15.5. The zero-order chi connectivity index (χ0) is 57.8. The minimum Gasteiger partial charge on any atom is -0.368 e. The fourth-order valence-electron chi connectivity index (χ4n) is 10.7. The molecule has 4 aliphatic rings. The van der Waals surface area contributed by atoms with Gasteiger partial charge < -0.3 is 58.5 Å². The van der Waals surface area contributed by atoms with Crippen LogP contribution in [0.2, 0.25) is 0 Å². The molecule has 10 amide bonds. The Morgan fingerprint density at radius 3 is 1.95 bits per heavy atom. The van der Waals surface area contributed by atoms with Gasteiger partial charge in [-0.15, -0.1) is 11.8 Å². The molecule has 4 heterocycles. The SMILES string of the molecule is CC(C)C[C@@H]1NC(=O)[C@@H]2CCCN2C(=O)[C@H](Cc2ccccc2)NC(=O)CSC[C@@H](C(N)=O)NC(=O)[C@H](Cc2ccc(C(N)=O)cc2)NC(=O)[C@@H]2Cc3ccccc3CN2C(=O)[C@@H]2CC(F)(F)CN2C(=O)[C@H](CCCCN)NC1=O. The lowest BCUT2D eigenvalue weighted by atomic mass is 9.92. The van der Waals surface area contributed by atoms with Crippen molar-refractivity contribution in [3.8, 4) is 0 Å². The van der Waals surface area contributed by atoms with Gasteiger partial charge in [0.2, 0.25) is 59.1 Å². The maximum atomic E-state index is 15.9. The normalized spacial score (nSPS) is 25.7. The first kappa shape index (κ1) is 60.2. The second kappa shape index (κ2) is 27.1. The maximum Gasteiger partial charge on any atom is 0.267 e. The average Bonchev–Trinajstić information content (AvgIpc) is 4.05. The number of primary amides is 2. The third-order valence-electron chi connectivity index (χ3n) is 14.8. The fraction of sp³-hybridized carbons (Fsp3) is 0.500. The molecule has 0 saturated carbocycles. The average molecular weight is 1130 g/mol. The second-order valence-electron chi connectivity index (χ2n) is 21.3. The van der Waals surface area contributed by atoms with E-state index in [1.54, 1.807) is 54.6 Å². The van der Waals surface area contributed by atoms with Crippen molar-refractivity contribution in [2.24, 2.45) is 23.1 Å². The Bertz CT molecular complexity index is 2790. The zero-order valence-corrected chi connectivity index (χ0v) is 45.7. The summed E-state index contributed by atoms with van der Waals surface area (Å²) in [7, 11) is 0. The molecule has 3 aromatic rings. The number of nitrogens with one attached hydrogen (secondary N) is 5. The van der Waals surface area contributed by atoms with Crippen LogP contribution in [0.15, 0.2) is 78.9 Å². The summed E-state index contributed by atoms with van der Waals surface area (Å²) in [5.41, 5.74) is 19.6. The molecule has 3 fully saturated rings. The summed E-state index contributed by atoms with van der Waals surface area (Å²) >= 11 is 0.913. The van der Waals surface area contributed by atoms with Gasteiger partial charge in [0.25, 0.3) is 5.92 Å². The monoisotopic (exact) mass is 1130 g/mol. The number of carbonyl (C=O) groups is 10. The van der Waals surface area contributed by atoms with Crippen LogP contribution in [0.3, 0.4) is 0 Å². The lowest BCUT2D eigenvalue weighted by Crippen LogP contribution is -2.61. The molecule has 0 bridgehead atoms. The highest BCUT2D eigenvalue weighted by molar-refractivity contribution is 8.00. The van der Waals surface area contributed by atoms with Gasteiger partial charge in [0.15, 0.2) is 0 Å². The summed E-state index contributed by atoms with van der Waals surface area (Å²) < 4.78 is 31.8. The topological polar surface area (TPSA) is 319 Å². The molecule has 3 saturated heterocycles. The van der Waals surface area contributed by atoms with Crippen molar-refractivity contribution in [3.05, 3.63) is 107 Å². The van der Waals surface area contributed by atoms with Gasteiger partial charge in [-0.3, -0.25) is 47.9 Å². The number of carbonyl (C=O) groups excluding carboxylic acids is 10. The number of halogens is 2. The third-order valence-corrected chi connectivity index (χ3v) is 15.9. The van der Waals surface area contributed by atoms with Crippen LogP contribution in [0.25, 0.3) is 0 Å². The molecule has 8 atom stereocenters. The van der Waals surface area contributed by atoms with E-state index in [9.17, 15) is 43.2 Å². The Morgan fingerprint density at radius 2 is 1.27 bits per heavy atom. The predicted molar refractivity (Wildman–Crippen MR) is 292 cm³/mol. The van der Waals surface area contributed by atoms with Crippen molar-refractivity contribution < 1.29 is 56.7 Å². The van der Waals surface area contributed by atoms with Crippen LogP contribution in [0.5, 0.6) is 0 Å². The molecule has 7 rings (SSSR count). The van der Waals surface area contributed by atoms with E-state index < -0.39 is 126 Å². The molecule has 430 valence electrons. The van der Waals surface area contributed by atoms with E-state index in [0.29, 0.717) is 35.1 Å². The largest absolute Gasteiger partial charge is 0.368 e. The van der Waals surface area contributed by atoms with Crippen LogP contribution >= 0.6 is 11.8 Å². The molecule has 3 aromatic carbocycles. The number of alkyl halides is 2. The first-order valence-corrected chi connectivity index (χ1v) is 28.1. The molecule has 0 spiro atoms. The van der Waals surface area contributed by atoms with Crippen LogP contribution in [0.4, 0.5) is 8.78 Å². The van der Waals surface area contributed by atoms with E-state index in [1.165, 1.54) is 29.2 Å². The van der Waals surface area contributed by atoms with E-state index in [1.807, 2.05) is 13.8 Å². The first-order valence-electron chi connectivity index (χ1n) is 27.0. The maximum absolute atomic E-state index is 15.9. The molecular weight excluding hydrogens is 1060 g/mol. The van der Waals surface area contributed by atoms with E-state index in [-0.39, 0.29) is 87.6 Å². The van der Waals surface area contributed by atoms with Crippen LogP contribution in [0, 0.1) is 5.92 Å².